The number of nitrogens with zero attached hydrogens (tertiary/aromatic N) is 3. The number of anilines is 1. The van der Waals surface area contributed by atoms with E-state index >= 15 is 0 Å². The maximum absolute atomic E-state index is 12.8. The van der Waals surface area contributed by atoms with Crippen molar-refractivity contribution in [2.75, 3.05) is 5.32 Å². The summed E-state index contributed by atoms with van der Waals surface area (Å²) in [5.41, 5.74) is 5.66. The molecule has 5 nitrogen and oxygen atoms in total. The second-order valence-electron chi connectivity index (χ2n) is 7.51. The van der Waals surface area contributed by atoms with Gasteiger partial charge in [-0.2, -0.15) is 5.10 Å². The third-order valence-corrected chi connectivity index (χ3v) is 5.44. The highest BCUT2D eigenvalue weighted by Crippen LogP contribution is 2.32. The molecule has 0 atom stereocenters. The number of nitrogens with one attached hydrogen (secondary N) is 1. The number of benzene rings is 3. The SMILES string of the molecule is CCc1ccc2ncc3c(-c4ccccc4)nn(CC(=O)Nc4ccccc4)c3c2c1. The second-order valence-corrected chi connectivity index (χ2v) is 7.51. The van der Waals surface area contributed by atoms with Crippen LogP contribution in [0.15, 0.2) is 85.1 Å². The number of para-hydroxylation sites is 1. The van der Waals surface area contributed by atoms with E-state index in [1.165, 1.54) is 5.56 Å². The van der Waals surface area contributed by atoms with Gasteiger partial charge in [0.1, 0.15) is 12.2 Å². The van der Waals surface area contributed by atoms with E-state index in [0.717, 1.165) is 45.2 Å². The van der Waals surface area contributed by atoms with Crippen molar-refractivity contribution < 1.29 is 4.79 Å². The molecule has 0 radical (unpaired) electrons. The molecule has 5 rings (SSSR count). The van der Waals surface area contributed by atoms with E-state index in [0.29, 0.717) is 0 Å². The molecule has 0 aliphatic heterocycles. The first-order chi connectivity index (χ1) is 15.2. The fourth-order valence-electron chi connectivity index (χ4n) is 3.90. The van der Waals surface area contributed by atoms with Crippen molar-refractivity contribution in [3.8, 4) is 11.3 Å². The number of carbonyl (C=O) groups excluding carboxylic acids is 1. The Morgan fingerprint density at radius 1 is 0.935 bits per heavy atom. The summed E-state index contributed by atoms with van der Waals surface area (Å²) in [5, 5.41) is 9.78. The topological polar surface area (TPSA) is 59.8 Å². The van der Waals surface area contributed by atoms with E-state index in [4.69, 9.17) is 5.10 Å². The Morgan fingerprint density at radius 3 is 2.42 bits per heavy atom. The minimum Gasteiger partial charge on any atom is -0.324 e. The fourth-order valence-corrected chi connectivity index (χ4v) is 3.90. The summed E-state index contributed by atoms with van der Waals surface area (Å²) in [5.74, 6) is -0.119. The fraction of sp³-hybridized carbons (Fsp3) is 0.115. The van der Waals surface area contributed by atoms with E-state index < -0.39 is 0 Å². The van der Waals surface area contributed by atoms with Crippen molar-refractivity contribution in [2.45, 2.75) is 19.9 Å². The lowest BCUT2D eigenvalue weighted by atomic mass is 10.0. The van der Waals surface area contributed by atoms with E-state index in [1.807, 2.05) is 72.9 Å². The van der Waals surface area contributed by atoms with Crippen molar-refractivity contribution in [3.05, 3.63) is 90.6 Å². The van der Waals surface area contributed by atoms with Crippen molar-refractivity contribution in [2.24, 2.45) is 0 Å². The first-order valence-electron chi connectivity index (χ1n) is 10.4. The van der Waals surface area contributed by atoms with Gasteiger partial charge in [-0.15, -0.1) is 0 Å². The van der Waals surface area contributed by atoms with Gasteiger partial charge < -0.3 is 5.32 Å². The Kier molecular flexibility index (Phi) is 4.92. The molecule has 1 amide bonds. The van der Waals surface area contributed by atoms with Crippen LogP contribution in [0.2, 0.25) is 0 Å². The predicted molar refractivity (Wildman–Crippen MR) is 125 cm³/mol. The molecular formula is C26H22N4O. The van der Waals surface area contributed by atoms with Gasteiger partial charge in [-0.25, -0.2) is 0 Å². The standard InChI is InChI=1S/C26H22N4O/c1-2-18-13-14-23-21(15-18)26-22(16-27-23)25(19-9-5-3-6-10-19)29-30(26)17-24(31)28-20-11-7-4-8-12-20/h3-16H,2,17H2,1H3,(H,28,31). The summed E-state index contributed by atoms with van der Waals surface area (Å²) < 4.78 is 1.80. The van der Waals surface area contributed by atoms with Crippen LogP contribution in [-0.2, 0) is 17.8 Å². The third kappa shape index (κ3) is 3.66. The Morgan fingerprint density at radius 2 is 1.68 bits per heavy atom. The number of fused-ring (bicyclic) bond motifs is 3. The summed E-state index contributed by atoms with van der Waals surface area (Å²) in [7, 11) is 0. The van der Waals surface area contributed by atoms with Crippen LogP contribution >= 0.6 is 0 Å². The first kappa shape index (κ1) is 19.0. The average Bonchev–Trinajstić information content (AvgIpc) is 3.18. The van der Waals surface area contributed by atoms with Crippen molar-refractivity contribution in [1.29, 1.82) is 0 Å². The van der Waals surface area contributed by atoms with Gasteiger partial charge in [-0.3, -0.25) is 14.5 Å². The molecule has 152 valence electrons. The molecule has 0 saturated carbocycles. The second kappa shape index (κ2) is 8.03. The van der Waals surface area contributed by atoms with E-state index in [9.17, 15) is 4.79 Å². The van der Waals surface area contributed by atoms with Gasteiger partial charge in [-0.1, -0.05) is 61.5 Å². The number of carbonyl (C=O) groups is 1. The van der Waals surface area contributed by atoms with Gasteiger partial charge >= 0.3 is 0 Å². The Hall–Kier alpha value is -3.99. The molecule has 1 N–H and O–H groups in total. The molecule has 0 bridgehead atoms. The molecule has 0 fully saturated rings. The monoisotopic (exact) mass is 406 g/mol. The number of aromatic nitrogens is 3. The van der Waals surface area contributed by atoms with Crippen LogP contribution in [0.25, 0.3) is 33.1 Å². The highest BCUT2D eigenvalue weighted by atomic mass is 16.2. The predicted octanol–water partition coefficient (Wildman–Crippen LogP) is 5.45. The maximum atomic E-state index is 12.8. The number of hydrogen-bond donors (Lipinski definition) is 1. The summed E-state index contributed by atoms with van der Waals surface area (Å²) in [6.07, 6.45) is 2.80. The molecule has 2 heterocycles. The molecule has 5 aromatic rings. The van der Waals surface area contributed by atoms with Crippen LogP contribution < -0.4 is 5.32 Å². The number of hydrogen-bond acceptors (Lipinski definition) is 3. The zero-order valence-corrected chi connectivity index (χ0v) is 17.2. The van der Waals surface area contributed by atoms with Gasteiger partial charge in [-0.05, 0) is 36.2 Å². The van der Waals surface area contributed by atoms with Crippen molar-refractivity contribution in [3.63, 3.8) is 0 Å². The van der Waals surface area contributed by atoms with Crippen molar-refractivity contribution >= 4 is 33.4 Å². The van der Waals surface area contributed by atoms with Crippen LogP contribution in [0.3, 0.4) is 0 Å². The number of aryl methyl sites for hydroxylation is 1. The van der Waals surface area contributed by atoms with Crippen molar-refractivity contribution in [1.82, 2.24) is 14.8 Å². The summed E-state index contributed by atoms with van der Waals surface area (Å²) >= 11 is 0. The number of pyridine rings is 1. The zero-order valence-electron chi connectivity index (χ0n) is 17.2. The highest BCUT2D eigenvalue weighted by Gasteiger charge is 2.18. The molecule has 0 unspecified atom stereocenters. The lowest BCUT2D eigenvalue weighted by Crippen LogP contribution is -2.19. The minimum absolute atomic E-state index is 0.119. The summed E-state index contributed by atoms with van der Waals surface area (Å²) in [4.78, 5) is 17.5. The molecule has 0 spiro atoms. The quantitative estimate of drug-likeness (QED) is 0.422. The van der Waals surface area contributed by atoms with E-state index in [-0.39, 0.29) is 12.5 Å². The van der Waals surface area contributed by atoms with E-state index in [1.54, 1.807) is 4.68 Å². The van der Waals surface area contributed by atoms with Gasteiger partial charge in [0.15, 0.2) is 0 Å². The average molecular weight is 406 g/mol. The van der Waals surface area contributed by atoms with Crippen LogP contribution in [0, 0.1) is 0 Å². The van der Waals surface area contributed by atoms with E-state index in [2.05, 4.69) is 29.4 Å². The smallest absolute Gasteiger partial charge is 0.246 e. The molecule has 31 heavy (non-hydrogen) atoms. The van der Waals surface area contributed by atoms with Gasteiger partial charge in [0.2, 0.25) is 5.91 Å². The van der Waals surface area contributed by atoms with Crippen LogP contribution in [-0.4, -0.2) is 20.7 Å². The molecule has 0 saturated heterocycles. The lowest BCUT2D eigenvalue weighted by Gasteiger charge is -2.08. The van der Waals surface area contributed by atoms with Crippen LogP contribution in [0.4, 0.5) is 5.69 Å². The summed E-state index contributed by atoms with van der Waals surface area (Å²) in [6, 6.07) is 25.8. The molecule has 0 aliphatic carbocycles. The largest absolute Gasteiger partial charge is 0.324 e. The van der Waals surface area contributed by atoms with Crippen LogP contribution in [0.5, 0.6) is 0 Å². The Balaban J connectivity index is 1.66. The van der Waals surface area contributed by atoms with Gasteiger partial charge in [0.05, 0.1) is 11.0 Å². The first-order valence-corrected chi connectivity index (χ1v) is 10.4. The highest BCUT2D eigenvalue weighted by molar-refractivity contribution is 6.08. The zero-order chi connectivity index (χ0) is 21.2. The number of rotatable bonds is 5. The Labute approximate surface area is 180 Å². The Bertz CT molecular complexity index is 1370. The van der Waals surface area contributed by atoms with Gasteiger partial charge in [0, 0.05) is 28.2 Å². The van der Waals surface area contributed by atoms with Gasteiger partial charge in [0.25, 0.3) is 0 Å². The summed E-state index contributed by atoms with van der Waals surface area (Å²) in [6.45, 7) is 2.25. The molecular weight excluding hydrogens is 384 g/mol. The van der Waals surface area contributed by atoms with Crippen LogP contribution in [0.1, 0.15) is 12.5 Å². The molecule has 0 aliphatic rings. The molecule has 5 heteroatoms. The normalized spacial score (nSPS) is 11.1. The third-order valence-electron chi connectivity index (χ3n) is 5.44. The maximum Gasteiger partial charge on any atom is 0.246 e. The molecule has 2 aromatic heterocycles. The minimum atomic E-state index is -0.119. The molecule has 3 aromatic carbocycles. The number of amides is 1. The lowest BCUT2D eigenvalue weighted by molar-refractivity contribution is -0.116.